The molecule has 2 rings (SSSR count). The lowest BCUT2D eigenvalue weighted by molar-refractivity contribution is 0.405. The summed E-state index contributed by atoms with van der Waals surface area (Å²) in [5, 5.41) is 0. The van der Waals surface area contributed by atoms with Crippen molar-refractivity contribution in [2.45, 2.75) is 24.8 Å². The summed E-state index contributed by atoms with van der Waals surface area (Å²) in [6, 6.07) is 8.41. The van der Waals surface area contributed by atoms with Crippen LogP contribution in [0.25, 0.3) is 0 Å². The zero-order chi connectivity index (χ0) is 9.47. The third-order valence-electron chi connectivity index (χ3n) is 3.02. The van der Waals surface area contributed by atoms with Crippen LogP contribution in [0, 0.1) is 0 Å². The Balaban J connectivity index is 2.40. The molecule has 1 aromatic carbocycles. The Morgan fingerprint density at radius 3 is 2.62 bits per heavy atom. The molecule has 1 fully saturated rings. The molecule has 2 nitrogen and oxygen atoms in total. The van der Waals surface area contributed by atoms with Crippen LogP contribution in [-0.4, -0.2) is 13.2 Å². The molecule has 0 radical (unpaired) electrons. The molecule has 0 amide bonds. The maximum atomic E-state index is 5.90. The van der Waals surface area contributed by atoms with Crippen molar-refractivity contribution in [3.63, 3.8) is 0 Å². The van der Waals surface area contributed by atoms with Gasteiger partial charge in [-0.25, -0.2) is 0 Å². The van der Waals surface area contributed by atoms with Crippen molar-refractivity contribution < 1.29 is 4.74 Å². The lowest BCUT2D eigenvalue weighted by Gasteiger charge is -2.14. The molecule has 0 aliphatic heterocycles. The molecule has 2 heteroatoms. The maximum Gasteiger partial charge on any atom is 0.122 e. The normalized spacial score (nSPS) is 31.5. The summed E-state index contributed by atoms with van der Waals surface area (Å²) >= 11 is 0. The minimum atomic E-state index is 0.145. The predicted octanol–water partition coefficient (Wildman–Crippen LogP) is 1.68. The first kappa shape index (κ1) is 8.57. The van der Waals surface area contributed by atoms with Gasteiger partial charge in [0.05, 0.1) is 7.11 Å². The summed E-state index contributed by atoms with van der Waals surface area (Å²) in [6.07, 6.45) is 1.06. The summed E-state index contributed by atoms with van der Waals surface area (Å²) in [6.45, 7) is 2.19. The number of methoxy groups -OCH3 is 1. The number of para-hydroxylation sites is 1. The summed E-state index contributed by atoms with van der Waals surface area (Å²) < 4.78 is 5.30. The molecule has 0 aromatic heterocycles. The highest BCUT2D eigenvalue weighted by Gasteiger charge is 2.50. The van der Waals surface area contributed by atoms with E-state index in [1.807, 2.05) is 18.2 Å². The highest BCUT2D eigenvalue weighted by molar-refractivity contribution is 5.45. The molecule has 0 spiro atoms. The zero-order valence-corrected chi connectivity index (χ0v) is 8.08. The van der Waals surface area contributed by atoms with Gasteiger partial charge in [0.25, 0.3) is 0 Å². The van der Waals surface area contributed by atoms with Crippen LogP contribution < -0.4 is 10.5 Å². The Bertz CT molecular complexity index is 324. The molecule has 1 aromatic rings. The van der Waals surface area contributed by atoms with E-state index in [4.69, 9.17) is 10.5 Å². The Morgan fingerprint density at radius 1 is 1.46 bits per heavy atom. The van der Waals surface area contributed by atoms with E-state index in [2.05, 4.69) is 13.0 Å². The van der Waals surface area contributed by atoms with Gasteiger partial charge >= 0.3 is 0 Å². The van der Waals surface area contributed by atoms with Gasteiger partial charge < -0.3 is 10.5 Å². The van der Waals surface area contributed by atoms with Gasteiger partial charge in [-0.2, -0.15) is 0 Å². The van der Waals surface area contributed by atoms with E-state index in [9.17, 15) is 0 Å². The van der Waals surface area contributed by atoms with Gasteiger partial charge in [-0.3, -0.25) is 0 Å². The van der Waals surface area contributed by atoms with Crippen LogP contribution in [0.5, 0.6) is 5.75 Å². The summed E-state index contributed by atoms with van der Waals surface area (Å²) in [7, 11) is 1.70. The minimum Gasteiger partial charge on any atom is -0.496 e. The minimum absolute atomic E-state index is 0.145. The quantitative estimate of drug-likeness (QED) is 0.746. The molecule has 13 heavy (non-hydrogen) atoms. The Labute approximate surface area is 78.7 Å². The van der Waals surface area contributed by atoms with E-state index in [-0.39, 0.29) is 5.41 Å². The molecule has 0 heterocycles. The van der Waals surface area contributed by atoms with Crippen molar-refractivity contribution in [3.8, 4) is 5.75 Å². The highest BCUT2D eigenvalue weighted by Crippen LogP contribution is 2.49. The van der Waals surface area contributed by atoms with Crippen molar-refractivity contribution in [2.75, 3.05) is 7.11 Å². The van der Waals surface area contributed by atoms with Gasteiger partial charge in [-0.15, -0.1) is 0 Å². The molecule has 2 N–H and O–H groups in total. The monoisotopic (exact) mass is 177 g/mol. The van der Waals surface area contributed by atoms with Crippen LogP contribution in [-0.2, 0) is 5.41 Å². The van der Waals surface area contributed by atoms with Crippen LogP contribution in [0.4, 0.5) is 0 Å². The number of benzene rings is 1. The Hall–Kier alpha value is -1.02. The Kier molecular flexibility index (Phi) is 1.81. The number of hydrogen-bond acceptors (Lipinski definition) is 2. The first-order valence-corrected chi connectivity index (χ1v) is 4.57. The van der Waals surface area contributed by atoms with E-state index < -0.39 is 0 Å². The standard InChI is InChI=1S/C11H15NO/c1-11(7-10(11)12)8-5-3-4-6-9(8)13-2/h3-6,10H,7,12H2,1-2H3/t10-,11+/m1/s1. The van der Waals surface area contributed by atoms with E-state index in [0.29, 0.717) is 6.04 Å². The molecule has 1 aliphatic rings. The number of rotatable bonds is 2. The average molecular weight is 177 g/mol. The lowest BCUT2D eigenvalue weighted by Crippen LogP contribution is -2.15. The molecular weight excluding hydrogens is 162 g/mol. The number of nitrogens with two attached hydrogens (primary N) is 1. The fourth-order valence-electron chi connectivity index (χ4n) is 1.82. The maximum absolute atomic E-state index is 5.90. The van der Waals surface area contributed by atoms with Crippen LogP contribution in [0.15, 0.2) is 24.3 Å². The third kappa shape index (κ3) is 1.22. The van der Waals surface area contributed by atoms with Crippen LogP contribution >= 0.6 is 0 Å². The summed E-state index contributed by atoms with van der Waals surface area (Å²) in [5.74, 6) is 0.956. The molecule has 0 saturated heterocycles. The number of ether oxygens (including phenoxy) is 1. The topological polar surface area (TPSA) is 35.2 Å². The van der Waals surface area contributed by atoms with Gasteiger partial charge in [0.2, 0.25) is 0 Å². The smallest absolute Gasteiger partial charge is 0.122 e. The zero-order valence-electron chi connectivity index (χ0n) is 8.08. The SMILES string of the molecule is COc1ccccc1[C@]1(C)C[C@H]1N. The molecule has 0 bridgehead atoms. The molecule has 2 atom stereocenters. The molecular formula is C11H15NO. The van der Waals surface area contributed by atoms with Gasteiger partial charge in [-0.05, 0) is 12.5 Å². The molecule has 70 valence electrons. The second-order valence-corrected chi connectivity index (χ2v) is 3.93. The van der Waals surface area contributed by atoms with Crippen LogP contribution in [0.3, 0.4) is 0 Å². The molecule has 1 aliphatic carbocycles. The molecule has 0 unspecified atom stereocenters. The molecule has 1 saturated carbocycles. The second kappa shape index (κ2) is 2.74. The van der Waals surface area contributed by atoms with E-state index in [0.717, 1.165) is 12.2 Å². The van der Waals surface area contributed by atoms with Gasteiger partial charge in [-0.1, -0.05) is 25.1 Å². The highest BCUT2D eigenvalue weighted by atomic mass is 16.5. The van der Waals surface area contributed by atoms with Crippen LogP contribution in [0.2, 0.25) is 0 Å². The van der Waals surface area contributed by atoms with Crippen molar-refractivity contribution in [2.24, 2.45) is 5.73 Å². The fourth-order valence-corrected chi connectivity index (χ4v) is 1.82. The first-order valence-electron chi connectivity index (χ1n) is 4.57. The number of hydrogen-bond donors (Lipinski definition) is 1. The van der Waals surface area contributed by atoms with E-state index in [1.54, 1.807) is 7.11 Å². The van der Waals surface area contributed by atoms with Crippen molar-refractivity contribution in [1.29, 1.82) is 0 Å². The predicted molar refractivity (Wildman–Crippen MR) is 52.9 cm³/mol. The van der Waals surface area contributed by atoms with E-state index >= 15 is 0 Å². The third-order valence-corrected chi connectivity index (χ3v) is 3.02. The fraction of sp³-hybridized carbons (Fsp3) is 0.455. The van der Waals surface area contributed by atoms with Crippen molar-refractivity contribution in [1.82, 2.24) is 0 Å². The largest absolute Gasteiger partial charge is 0.496 e. The van der Waals surface area contributed by atoms with Crippen molar-refractivity contribution in [3.05, 3.63) is 29.8 Å². The lowest BCUT2D eigenvalue weighted by atomic mass is 9.96. The average Bonchev–Trinajstić information content (AvgIpc) is 2.76. The van der Waals surface area contributed by atoms with Gasteiger partial charge in [0.1, 0.15) is 5.75 Å². The first-order chi connectivity index (χ1) is 6.18. The van der Waals surface area contributed by atoms with E-state index in [1.165, 1.54) is 5.56 Å². The second-order valence-electron chi connectivity index (χ2n) is 3.93. The van der Waals surface area contributed by atoms with Crippen LogP contribution in [0.1, 0.15) is 18.9 Å². The van der Waals surface area contributed by atoms with Gasteiger partial charge in [0.15, 0.2) is 0 Å². The summed E-state index contributed by atoms with van der Waals surface area (Å²) in [5.41, 5.74) is 7.29. The van der Waals surface area contributed by atoms with Gasteiger partial charge in [0, 0.05) is 17.0 Å². The summed E-state index contributed by atoms with van der Waals surface area (Å²) in [4.78, 5) is 0. The van der Waals surface area contributed by atoms with Crippen molar-refractivity contribution >= 4 is 0 Å². The Morgan fingerprint density at radius 2 is 2.08 bits per heavy atom.